The third-order valence-corrected chi connectivity index (χ3v) is 4.51. The highest BCUT2D eigenvalue weighted by Crippen LogP contribution is 2.21. The highest BCUT2D eigenvalue weighted by molar-refractivity contribution is 5.95. The van der Waals surface area contributed by atoms with E-state index in [9.17, 15) is 4.79 Å². The Hall–Kier alpha value is -1.00. The lowest BCUT2D eigenvalue weighted by Crippen LogP contribution is -2.40. The minimum atomic E-state index is 0. The highest BCUT2D eigenvalue weighted by Gasteiger charge is 2.25. The summed E-state index contributed by atoms with van der Waals surface area (Å²) in [5.41, 5.74) is 3.17. The summed E-state index contributed by atoms with van der Waals surface area (Å²) in [7, 11) is 2.00. The number of nitrogens with one attached hydrogen (secondary N) is 1. The molecule has 1 aliphatic heterocycles. The van der Waals surface area contributed by atoms with Crippen LogP contribution in [0.4, 0.5) is 0 Å². The molecule has 0 unspecified atom stereocenters. The number of hydrogen-bond donors (Lipinski definition) is 1. The van der Waals surface area contributed by atoms with Gasteiger partial charge in [-0.15, -0.1) is 12.4 Å². The Bertz CT molecular complexity index is 476. The molecule has 0 saturated carbocycles. The van der Waals surface area contributed by atoms with Gasteiger partial charge < -0.3 is 14.8 Å². The van der Waals surface area contributed by atoms with Crippen molar-refractivity contribution in [2.24, 2.45) is 5.92 Å². The molecule has 1 aromatic rings. The number of rotatable bonds is 4. The number of halogens is 1. The molecule has 4 nitrogen and oxygen atoms in total. The van der Waals surface area contributed by atoms with Crippen LogP contribution in [-0.4, -0.2) is 42.1 Å². The van der Waals surface area contributed by atoms with Gasteiger partial charge in [0, 0.05) is 31.0 Å². The average Bonchev–Trinajstić information content (AvgIpc) is 2.74. The van der Waals surface area contributed by atoms with Gasteiger partial charge in [0.05, 0.1) is 5.56 Å². The van der Waals surface area contributed by atoms with Crippen LogP contribution in [0.2, 0.25) is 0 Å². The van der Waals surface area contributed by atoms with E-state index in [1.165, 1.54) is 5.69 Å². The summed E-state index contributed by atoms with van der Waals surface area (Å²) in [6.07, 6.45) is 2.22. The molecule has 0 atom stereocenters. The molecule has 0 spiro atoms. The number of carbonyl (C=O) groups is 1. The van der Waals surface area contributed by atoms with Crippen LogP contribution in [0.5, 0.6) is 0 Å². The van der Waals surface area contributed by atoms with Crippen molar-refractivity contribution in [2.45, 2.75) is 40.2 Å². The number of aryl methyl sites for hydroxylation is 1. The maximum Gasteiger partial charge on any atom is 0.255 e. The van der Waals surface area contributed by atoms with E-state index < -0.39 is 0 Å². The van der Waals surface area contributed by atoms with Crippen molar-refractivity contribution in [3.05, 3.63) is 23.0 Å². The molecular formula is C16H28ClN3O. The molecule has 2 heterocycles. The number of carbonyl (C=O) groups excluding carboxylic acids is 1. The summed E-state index contributed by atoms with van der Waals surface area (Å²) in [5.74, 6) is 0.924. The summed E-state index contributed by atoms with van der Waals surface area (Å²) in [6, 6.07) is 2.04. The number of nitrogens with zero attached hydrogens (tertiary/aromatic N) is 2. The second-order valence-corrected chi connectivity index (χ2v) is 5.82. The van der Waals surface area contributed by atoms with Gasteiger partial charge in [-0.3, -0.25) is 4.79 Å². The van der Waals surface area contributed by atoms with E-state index in [2.05, 4.69) is 30.7 Å². The van der Waals surface area contributed by atoms with Gasteiger partial charge in [-0.1, -0.05) is 0 Å². The van der Waals surface area contributed by atoms with Gasteiger partial charge in [-0.2, -0.15) is 0 Å². The van der Waals surface area contributed by atoms with Gasteiger partial charge in [0.15, 0.2) is 0 Å². The summed E-state index contributed by atoms with van der Waals surface area (Å²) in [5, 5.41) is 3.23. The molecule has 0 radical (unpaired) electrons. The monoisotopic (exact) mass is 313 g/mol. The highest BCUT2D eigenvalue weighted by atomic mass is 35.5. The summed E-state index contributed by atoms with van der Waals surface area (Å²) >= 11 is 0. The van der Waals surface area contributed by atoms with Crippen LogP contribution < -0.4 is 5.32 Å². The quantitative estimate of drug-likeness (QED) is 0.928. The minimum Gasteiger partial charge on any atom is -0.349 e. The third-order valence-electron chi connectivity index (χ3n) is 4.51. The van der Waals surface area contributed by atoms with Gasteiger partial charge in [0.25, 0.3) is 5.91 Å². The summed E-state index contributed by atoms with van der Waals surface area (Å²) < 4.78 is 2.21. The van der Waals surface area contributed by atoms with Gasteiger partial charge in [0.2, 0.25) is 0 Å². The van der Waals surface area contributed by atoms with E-state index >= 15 is 0 Å². The molecule has 1 amide bonds. The molecule has 5 heteroatoms. The van der Waals surface area contributed by atoms with Crippen molar-refractivity contribution in [3.8, 4) is 0 Å². The second kappa shape index (κ2) is 7.85. The Morgan fingerprint density at radius 3 is 2.43 bits per heavy atom. The Morgan fingerprint density at radius 2 is 1.95 bits per heavy atom. The van der Waals surface area contributed by atoms with E-state index in [0.29, 0.717) is 5.92 Å². The van der Waals surface area contributed by atoms with Crippen molar-refractivity contribution >= 4 is 18.3 Å². The summed E-state index contributed by atoms with van der Waals surface area (Å²) in [6.45, 7) is 10.0. The van der Waals surface area contributed by atoms with Crippen molar-refractivity contribution < 1.29 is 4.79 Å². The van der Waals surface area contributed by atoms with Gasteiger partial charge >= 0.3 is 0 Å². The molecule has 1 aliphatic rings. The normalized spacial score (nSPS) is 15.9. The van der Waals surface area contributed by atoms with Gasteiger partial charge in [-0.25, -0.2) is 0 Å². The van der Waals surface area contributed by atoms with E-state index in [1.54, 1.807) is 0 Å². The van der Waals surface area contributed by atoms with Crippen LogP contribution in [0.3, 0.4) is 0 Å². The van der Waals surface area contributed by atoms with E-state index in [-0.39, 0.29) is 18.3 Å². The molecular weight excluding hydrogens is 286 g/mol. The van der Waals surface area contributed by atoms with Crippen LogP contribution in [0, 0.1) is 19.8 Å². The lowest BCUT2D eigenvalue weighted by Gasteiger charge is -2.32. The molecule has 1 aromatic heterocycles. The van der Waals surface area contributed by atoms with Crippen molar-refractivity contribution in [2.75, 3.05) is 26.7 Å². The van der Waals surface area contributed by atoms with Crippen LogP contribution in [0.1, 0.15) is 41.5 Å². The fourth-order valence-corrected chi connectivity index (χ4v) is 3.30. The molecule has 1 fully saturated rings. The second-order valence-electron chi connectivity index (χ2n) is 5.82. The zero-order valence-electron chi connectivity index (χ0n) is 13.6. The maximum atomic E-state index is 12.7. The van der Waals surface area contributed by atoms with Crippen LogP contribution in [-0.2, 0) is 6.54 Å². The lowest BCUT2D eigenvalue weighted by molar-refractivity contribution is 0.0690. The first-order chi connectivity index (χ1) is 9.58. The molecule has 2 rings (SSSR count). The SMILES string of the molecule is CCn1c(C)cc(C(=O)N2CCC(CNC)CC2)c1C.Cl. The predicted octanol–water partition coefficient (Wildman–Crippen LogP) is 2.62. The van der Waals surface area contributed by atoms with Crippen LogP contribution >= 0.6 is 12.4 Å². The number of hydrogen-bond acceptors (Lipinski definition) is 2. The van der Waals surface area contributed by atoms with E-state index in [1.807, 2.05) is 18.0 Å². The summed E-state index contributed by atoms with van der Waals surface area (Å²) in [4.78, 5) is 14.7. The number of aromatic nitrogens is 1. The molecule has 1 N–H and O–H groups in total. The van der Waals surface area contributed by atoms with Gasteiger partial charge in [-0.05, 0) is 59.2 Å². The Labute approximate surface area is 134 Å². The fraction of sp³-hybridized carbons (Fsp3) is 0.688. The van der Waals surface area contributed by atoms with Gasteiger partial charge in [0.1, 0.15) is 0 Å². The predicted molar refractivity (Wildman–Crippen MR) is 89.4 cm³/mol. The first kappa shape index (κ1) is 18.1. The molecule has 0 bridgehead atoms. The molecule has 1 saturated heterocycles. The molecule has 0 aliphatic carbocycles. The van der Waals surface area contributed by atoms with Crippen LogP contribution in [0.25, 0.3) is 0 Å². The van der Waals surface area contributed by atoms with E-state index in [0.717, 1.165) is 50.3 Å². The minimum absolute atomic E-state index is 0. The first-order valence-corrected chi connectivity index (χ1v) is 7.69. The van der Waals surface area contributed by atoms with Crippen molar-refractivity contribution in [3.63, 3.8) is 0 Å². The zero-order chi connectivity index (χ0) is 14.7. The fourth-order valence-electron chi connectivity index (χ4n) is 3.30. The largest absolute Gasteiger partial charge is 0.349 e. The number of amides is 1. The Morgan fingerprint density at radius 1 is 1.33 bits per heavy atom. The Balaban J connectivity index is 0.00000220. The van der Waals surface area contributed by atoms with Crippen molar-refractivity contribution in [1.29, 1.82) is 0 Å². The Kier molecular flexibility index (Phi) is 6.75. The lowest BCUT2D eigenvalue weighted by atomic mass is 9.96. The average molecular weight is 314 g/mol. The smallest absolute Gasteiger partial charge is 0.255 e. The first-order valence-electron chi connectivity index (χ1n) is 7.69. The molecule has 120 valence electrons. The third kappa shape index (κ3) is 3.80. The molecule has 0 aromatic carbocycles. The topological polar surface area (TPSA) is 37.3 Å². The molecule has 21 heavy (non-hydrogen) atoms. The van der Waals surface area contributed by atoms with Crippen molar-refractivity contribution in [1.82, 2.24) is 14.8 Å². The number of likely N-dealkylation sites (tertiary alicyclic amines) is 1. The van der Waals surface area contributed by atoms with E-state index in [4.69, 9.17) is 0 Å². The maximum absolute atomic E-state index is 12.7. The standard InChI is InChI=1S/C16H27N3O.ClH/c1-5-19-12(2)10-15(13(19)3)16(20)18-8-6-14(7-9-18)11-17-4;/h10,14,17H,5-9,11H2,1-4H3;1H. The number of piperidine rings is 1. The van der Waals surface area contributed by atoms with Crippen LogP contribution in [0.15, 0.2) is 6.07 Å². The zero-order valence-corrected chi connectivity index (χ0v) is 14.4.